The number of H-pyrrole nitrogens is 1. The van der Waals surface area contributed by atoms with Gasteiger partial charge in [-0.1, -0.05) is 11.6 Å². The molecule has 1 aromatic heterocycles. The summed E-state index contributed by atoms with van der Waals surface area (Å²) in [6.45, 7) is 4.53. The first-order chi connectivity index (χ1) is 8.43. The molecule has 5 nitrogen and oxygen atoms in total. The van der Waals surface area contributed by atoms with Crippen LogP contribution in [-0.4, -0.2) is 22.3 Å². The molecular weight excluding hydrogens is 263 g/mol. The smallest absolute Gasteiger partial charge is 0.329 e. The number of nitrogens with one attached hydrogen (secondary N) is 1. The Morgan fingerprint density at radius 1 is 1.39 bits per heavy atom. The summed E-state index contributed by atoms with van der Waals surface area (Å²) >= 11 is 5.35. The Morgan fingerprint density at radius 3 is 2.67 bits per heavy atom. The molecule has 0 atom stereocenters. The summed E-state index contributed by atoms with van der Waals surface area (Å²) in [5.74, 6) is -1.13. The van der Waals surface area contributed by atoms with Gasteiger partial charge >= 0.3 is 5.69 Å². The number of aromatic nitrogens is 2. The first-order valence-electron chi connectivity index (χ1n) is 5.73. The van der Waals surface area contributed by atoms with Crippen molar-refractivity contribution >= 4 is 11.6 Å². The van der Waals surface area contributed by atoms with Gasteiger partial charge in [0.25, 0.3) is 5.56 Å². The highest BCUT2D eigenvalue weighted by atomic mass is 35.5. The molecule has 0 radical (unpaired) electrons. The van der Waals surface area contributed by atoms with Crippen molar-refractivity contribution in [3.05, 3.63) is 31.8 Å². The molecule has 1 aromatic rings. The monoisotopic (exact) mass is 278 g/mol. The Labute approximate surface area is 109 Å². The number of ether oxygens (including phenoxy) is 1. The Hall–Kier alpha value is -1.14. The molecule has 0 amide bonds. The van der Waals surface area contributed by atoms with E-state index in [2.05, 4.69) is 4.98 Å². The lowest BCUT2D eigenvalue weighted by atomic mass is 10.3. The predicted molar refractivity (Wildman–Crippen MR) is 66.6 cm³/mol. The summed E-state index contributed by atoms with van der Waals surface area (Å²) in [5, 5.41) is -0.551. The Balaban J connectivity index is 2.61. The van der Waals surface area contributed by atoms with E-state index < -0.39 is 22.2 Å². The SMILES string of the molecule is CC(C)OCCCCn1c(=O)[nH]c(Cl)c(F)c1=O. The standard InChI is InChI=1S/C11H16ClFN2O3/c1-7(2)18-6-4-3-5-15-10(16)8(13)9(12)14-11(15)17/h7H,3-6H2,1-2H3,(H,14,17). The molecule has 7 heteroatoms. The van der Waals surface area contributed by atoms with Crippen LogP contribution in [0.25, 0.3) is 0 Å². The molecule has 0 unspecified atom stereocenters. The van der Waals surface area contributed by atoms with E-state index in [4.69, 9.17) is 16.3 Å². The minimum absolute atomic E-state index is 0.143. The number of halogens is 2. The molecule has 102 valence electrons. The third-order valence-corrected chi connectivity index (χ3v) is 2.58. The maximum absolute atomic E-state index is 13.2. The van der Waals surface area contributed by atoms with E-state index in [1.807, 2.05) is 13.8 Å². The van der Waals surface area contributed by atoms with E-state index in [0.717, 1.165) is 4.57 Å². The zero-order valence-electron chi connectivity index (χ0n) is 10.3. The second-order valence-electron chi connectivity index (χ2n) is 4.14. The largest absolute Gasteiger partial charge is 0.379 e. The highest BCUT2D eigenvalue weighted by Gasteiger charge is 2.11. The average molecular weight is 279 g/mol. The summed E-state index contributed by atoms with van der Waals surface area (Å²) in [6.07, 6.45) is 1.38. The van der Waals surface area contributed by atoms with E-state index in [1.54, 1.807) is 0 Å². The molecule has 0 fully saturated rings. The maximum Gasteiger partial charge on any atom is 0.329 e. The summed E-state index contributed by atoms with van der Waals surface area (Å²) in [5.41, 5.74) is -1.69. The van der Waals surface area contributed by atoms with Crippen molar-refractivity contribution < 1.29 is 9.13 Å². The number of rotatable bonds is 6. The molecule has 1 heterocycles. The summed E-state index contributed by atoms with van der Waals surface area (Å²) < 4.78 is 19.3. The van der Waals surface area contributed by atoms with Gasteiger partial charge in [-0.15, -0.1) is 0 Å². The van der Waals surface area contributed by atoms with Crippen LogP contribution in [0.3, 0.4) is 0 Å². The lowest BCUT2D eigenvalue weighted by molar-refractivity contribution is 0.0753. The van der Waals surface area contributed by atoms with Crippen LogP contribution < -0.4 is 11.2 Å². The van der Waals surface area contributed by atoms with Crippen LogP contribution in [0.4, 0.5) is 4.39 Å². The number of aromatic amines is 1. The van der Waals surface area contributed by atoms with Crippen molar-refractivity contribution in [1.29, 1.82) is 0 Å². The number of unbranched alkanes of at least 4 members (excludes halogenated alkanes) is 1. The molecule has 1 N–H and O–H groups in total. The highest BCUT2D eigenvalue weighted by molar-refractivity contribution is 6.29. The van der Waals surface area contributed by atoms with Crippen LogP contribution in [0.5, 0.6) is 0 Å². The molecule has 1 rings (SSSR count). The summed E-state index contributed by atoms with van der Waals surface area (Å²) in [6, 6.07) is 0. The number of hydrogen-bond donors (Lipinski definition) is 1. The van der Waals surface area contributed by atoms with Crippen molar-refractivity contribution in [2.24, 2.45) is 0 Å². The normalized spacial score (nSPS) is 11.2. The Bertz CT molecular complexity index is 510. The quantitative estimate of drug-likeness (QED) is 0.634. The molecule has 0 aliphatic carbocycles. The molecule has 0 aliphatic rings. The van der Waals surface area contributed by atoms with Gasteiger partial charge in [0.05, 0.1) is 6.10 Å². The third kappa shape index (κ3) is 3.96. The van der Waals surface area contributed by atoms with Gasteiger partial charge < -0.3 is 4.74 Å². The molecule has 0 aliphatic heterocycles. The van der Waals surface area contributed by atoms with Gasteiger partial charge in [0.1, 0.15) is 0 Å². The van der Waals surface area contributed by atoms with Crippen molar-refractivity contribution in [3.63, 3.8) is 0 Å². The number of hydrogen-bond acceptors (Lipinski definition) is 3. The minimum atomic E-state index is -1.13. The van der Waals surface area contributed by atoms with Crippen LogP contribution in [0, 0.1) is 5.82 Å². The van der Waals surface area contributed by atoms with Crippen molar-refractivity contribution in [2.45, 2.75) is 39.3 Å². The van der Waals surface area contributed by atoms with Crippen LogP contribution >= 0.6 is 11.6 Å². The maximum atomic E-state index is 13.2. The van der Waals surface area contributed by atoms with E-state index in [0.29, 0.717) is 19.4 Å². The first-order valence-corrected chi connectivity index (χ1v) is 6.11. The van der Waals surface area contributed by atoms with E-state index in [1.165, 1.54) is 0 Å². The molecule has 18 heavy (non-hydrogen) atoms. The number of nitrogens with zero attached hydrogens (tertiary/aromatic N) is 1. The third-order valence-electron chi connectivity index (χ3n) is 2.31. The van der Waals surface area contributed by atoms with Gasteiger partial charge in [-0.05, 0) is 26.7 Å². The summed E-state index contributed by atoms with van der Waals surface area (Å²) in [4.78, 5) is 24.9. The van der Waals surface area contributed by atoms with Gasteiger partial charge in [-0.25, -0.2) is 4.79 Å². The second kappa shape index (κ2) is 6.70. The van der Waals surface area contributed by atoms with Crippen molar-refractivity contribution in [2.75, 3.05) is 6.61 Å². The van der Waals surface area contributed by atoms with E-state index >= 15 is 0 Å². The lowest BCUT2D eigenvalue weighted by Gasteiger charge is -2.08. The van der Waals surface area contributed by atoms with E-state index in [-0.39, 0.29) is 12.6 Å². The first kappa shape index (κ1) is 14.9. The van der Waals surface area contributed by atoms with Crippen LogP contribution in [0.1, 0.15) is 26.7 Å². The molecule has 0 spiro atoms. The van der Waals surface area contributed by atoms with Crippen LogP contribution in [-0.2, 0) is 11.3 Å². The minimum Gasteiger partial charge on any atom is -0.379 e. The highest BCUT2D eigenvalue weighted by Crippen LogP contribution is 2.03. The van der Waals surface area contributed by atoms with Gasteiger partial charge in [0.15, 0.2) is 5.15 Å². The zero-order chi connectivity index (χ0) is 13.7. The van der Waals surface area contributed by atoms with Gasteiger partial charge in [0.2, 0.25) is 5.82 Å². The van der Waals surface area contributed by atoms with Crippen molar-refractivity contribution in [3.8, 4) is 0 Å². The summed E-state index contributed by atoms with van der Waals surface area (Å²) in [7, 11) is 0. The van der Waals surface area contributed by atoms with Gasteiger partial charge in [-0.3, -0.25) is 14.3 Å². The Morgan fingerprint density at radius 2 is 2.06 bits per heavy atom. The average Bonchev–Trinajstić information content (AvgIpc) is 2.29. The molecule has 0 bridgehead atoms. The van der Waals surface area contributed by atoms with E-state index in [9.17, 15) is 14.0 Å². The molecular formula is C11H16ClFN2O3. The Kier molecular flexibility index (Phi) is 5.55. The second-order valence-corrected chi connectivity index (χ2v) is 4.52. The lowest BCUT2D eigenvalue weighted by Crippen LogP contribution is -2.37. The van der Waals surface area contributed by atoms with Crippen LogP contribution in [0.15, 0.2) is 9.59 Å². The predicted octanol–water partition coefficient (Wildman–Crippen LogP) is 1.53. The zero-order valence-corrected chi connectivity index (χ0v) is 11.1. The topological polar surface area (TPSA) is 64.1 Å². The van der Waals surface area contributed by atoms with Gasteiger partial charge in [-0.2, -0.15) is 4.39 Å². The van der Waals surface area contributed by atoms with Gasteiger partial charge in [0, 0.05) is 13.2 Å². The molecule has 0 aromatic carbocycles. The fourth-order valence-corrected chi connectivity index (χ4v) is 1.58. The van der Waals surface area contributed by atoms with Crippen molar-refractivity contribution in [1.82, 2.24) is 9.55 Å². The molecule has 0 saturated carbocycles. The fourth-order valence-electron chi connectivity index (χ4n) is 1.41. The van der Waals surface area contributed by atoms with Crippen LogP contribution in [0.2, 0.25) is 5.15 Å². The fraction of sp³-hybridized carbons (Fsp3) is 0.636. The molecule has 0 saturated heterocycles.